The van der Waals surface area contributed by atoms with Gasteiger partial charge >= 0.3 is 0 Å². The van der Waals surface area contributed by atoms with Crippen molar-refractivity contribution in [3.8, 4) is 0 Å². The lowest BCUT2D eigenvalue weighted by Gasteiger charge is -1.99. The van der Waals surface area contributed by atoms with Crippen LogP contribution in [0.2, 0.25) is 0 Å². The van der Waals surface area contributed by atoms with Crippen molar-refractivity contribution in [3.63, 3.8) is 0 Å². The predicted octanol–water partition coefficient (Wildman–Crippen LogP) is 3.56. The molecule has 102 valence electrons. The van der Waals surface area contributed by atoms with E-state index in [9.17, 15) is 4.79 Å². The van der Waals surface area contributed by atoms with E-state index in [0.29, 0.717) is 5.56 Å². The van der Waals surface area contributed by atoms with Gasteiger partial charge < -0.3 is 0 Å². The quantitative estimate of drug-likeness (QED) is 0.406. The molecule has 0 amide bonds. The van der Waals surface area contributed by atoms with E-state index in [4.69, 9.17) is 0 Å². The number of allylic oxidation sites excluding steroid dienone is 1. The Bertz CT molecular complexity index is 816. The summed E-state index contributed by atoms with van der Waals surface area (Å²) in [6.07, 6.45) is 7.23. The third-order valence-corrected chi connectivity index (χ3v) is 3.46. The van der Waals surface area contributed by atoms with E-state index in [1.54, 1.807) is 6.08 Å². The second kappa shape index (κ2) is 5.71. The number of nitrogens with zero attached hydrogens (tertiary/aromatic N) is 1. The molecule has 0 radical (unpaired) electrons. The highest BCUT2D eigenvalue weighted by molar-refractivity contribution is 6.06. The van der Waals surface area contributed by atoms with Crippen LogP contribution in [0.4, 0.5) is 0 Å². The van der Waals surface area contributed by atoms with Crippen molar-refractivity contribution in [2.75, 3.05) is 0 Å². The minimum absolute atomic E-state index is 0.0174. The lowest BCUT2D eigenvalue weighted by molar-refractivity contribution is -0.671. The third kappa shape index (κ3) is 3.06. The summed E-state index contributed by atoms with van der Waals surface area (Å²) in [5.74, 6) is 0.0174. The van der Waals surface area contributed by atoms with Crippen LogP contribution in [-0.4, -0.2) is 5.78 Å². The Morgan fingerprint density at radius 2 is 1.67 bits per heavy atom. The Morgan fingerprint density at radius 3 is 2.43 bits per heavy atom. The normalized spacial score (nSPS) is 11.1. The molecule has 1 heterocycles. The molecular weight excluding hydrogens is 258 g/mol. The number of rotatable bonds is 3. The van der Waals surface area contributed by atoms with Gasteiger partial charge in [-0.1, -0.05) is 42.5 Å². The second-order valence-corrected chi connectivity index (χ2v) is 5.06. The first-order chi connectivity index (χ1) is 10.2. The summed E-state index contributed by atoms with van der Waals surface area (Å²) in [4.78, 5) is 12.1. The molecule has 3 aromatic rings. The number of ketones is 1. The van der Waals surface area contributed by atoms with Crippen LogP contribution in [0.3, 0.4) is 0 Å². The first-order valence-electron chi connectivity index (χ1n) is 6.89. The van der Waals surface area contributed by atoms with Gasteiger partial charge in [-0.25, -0.2) is 4.57 Å². The van der Waals surface area contributed by atoms with Crippen molar-refractivity contribution in [2.24, 2.45) is 7.05 Å². The summed E-state index contributed by atoms with van der Waals surface area (Å²) in [6, 6.07) is 18.0. The summed E-state index contributed by atoms with van der Waals surface area (Å²) in [6.45, 7) is 0. The molecule has 3 rings (SSSR count). The predicted molar refractivity (Wildman–Crippen MR) is 84.9 cm³/mol. The maximum absolute atomic E-state index is 12.1. The fourth-order valence-electron chi connectivity index (χ4n) is 2.24. The summed E-state index contributed by atoms with van der Waals surface area (Å²) < 4.78 is 1.91. The molecule has 0 aliphatic heterocycles. The first kappa shape index (κ1) is 13.3. The molecule has 0 bridgehead atoms. The molecule has 1 aromatic heterocycles. The Labute approximate surface area is 124 Å². The van der Waals surface area contributed by atoms with Crippen LogP contribution in [0, 0.1) is 0 Å². The highest BCUT2D eigenvalue weighted by Crippen LogP contribution is 2.16. The Kier molecular flexibility index (Phi) is 3.61. The Hall–Kier alpha value is -2.74. The topological polar surface area (TPSA) is 20.9 Å². The average Bonchev–Trinajstić information content (AvgIpc) is 2.53. The largest absolute Gasteiger partial charge is 0.289 e. The number of carbonyl (C=O) groups excluding carboxylic acids is 1. The molecule has 0 saturated carbocycles. The number of pyridine rings is 1. The minimum atomic E-state index is 0.0174. The van der Waals surface area contributed by atoms with Crippen LogP contribution in [0.1, 0.15) is 15.9 Å². The monoisotopic (exact) mass is 274 g/mol. The van der Waals surface area contributed by atoms with Gasteiger partial charge in [0.05, 0.1) is 0 Å². The number of aromatic nitrogens is 1. The van der Waals surface area contributed by atoms with Gasteiger partial charge in [-0.05, 0) is 28.5 Å². The standard InChI is InChI=1S/C19H16NO/c1-20-12-10-17(11-13-20)19(21)9-7-15-6-8-16-4-2-3-5-18(16)14-15/h2-14H,1H3/q+1/b9-7+. The van der Waals surface area contributed by atoms with E-state index < -0.39 is 0 Å². The van der Waals surface area contributed by atoms with Gasteiger partial charge in [-0.3, -0.25) is 4.79 Å². The van der Waals surface area contributed by atoms with E-state index in [1.165, 1.54) is 10.8 Å². The second-order valence-electron chi connectivity index (χ2n) is 5.06. The molecular formula is C19H16NO+. The zero-order chi connectivity index (χ0) is 14.7. The van der Waals surface area contributed by atoms with Gasteiger partial charge in [-0.15, -0.1) is 0 Å². The molecule has 0 aliphatic rings. The molecule has 2 nitrogen and oxygen atoms in total. The summed E-state index contributed by atoms with van der Waals surface area (Å²) >= 11 is 0. The van der Waals surface area contributed by atoms with Crippen molar-refractivity contribution in [1.82, 2.24) is 0 Å². The van der Waals surface area contributed by atoms with E-state index in [0.717, 1.165) is 5.56 Å². The van der Waals surface area contributed by atoms with Crippen molar-refractivity contribution < 1.29 is 9.36 Å². The van der Waals surface area contributed by atoms with Gasteiger partial charge in [0.25, 0.3) is 0 Å². The van der Waals surface area contributed by atoms with E-state index in [-0.39, 0.29) is 5.78 Å². The Balaban J connectivity index is 1.83. The smallest absolute Gasteiger partial charge is 0.186 e. The SMILES string of the molecule is C[n+]1ccc(C(=O)/C=C/c2ccc3ccccc3c2)cc1. The minimum Gasteiger partial charge on any atom is -0.289 e. The van der Waals surface area contributed by atoms with Crippen molar-refractivity contribution in [1.29, 1.82) is 0 Å². The average molecular weight is 274 g/mol. The summed E-state index contributed by atoms with van der Waals surface area (Å²) in [5, 5.41) is 2.38. The van der Waals surface area contributed by atoms with Gasteiger partial charge in [0.15, 0.2) is 18.2 Å². The van der Waals surface area contributed by atoms with Crippen LogP contribution in [-0.2, 0) is 7.05 Å². The molecule has 0 unspecified atom stereocenters. The highest BCUT2D eigenvalue weighted by Gasteiger charge is 2.03. The molecule has 2 aromatic carbocycles. The first-order valence-corrected chi connectivity index (χ1v) is 6.89. The maximum atomic E-state index is 12.1. The molecule has 0 N–H and O–H groups in total. The third-order valence-electron chi connectivity index (χ3n) is 3.46. The van der Waals surface area contributed by atoms with Crippen LogP contribution >= 0.6 is 0 Å². The van der Waals surface area contributed by atoms with Gasteiger partial charge in [0, 0.05) is 17.7 Å². The summed E-state index contributed by atoms with van der Waals surface area (Å²) in [7, 11) is 1.93. The maximum Gasteiger partial charge on any atom is 0.186 e. The highest BCUT2D eigenvalue weighted by atomic mass is 16.1. The van der Waals surface area contributed by atoms with Gasteiger partial charge in [-0.2, -0.15) is 0 Å². The molecule has 0 spiro atoms. The van der Waals surface area contributed by atoms with Gasteiger partial charge in [0.2, 0.25) is 0 Å². The van der Waals surface area contributed by atoms with Crippen molar-refractivity contribution in [2.45, 2.75) is 0 Å². The zero-order valence-corrected chi connectivity index (χ0v) is 11.9. The fraction of sp³-hybridized carbons (Fsp3) is 0.0526. The zero-order valence-electron chi connectivity index (χ0n) is 11.9. The van der Waals surface area contributed by atoms with Gasteiger partial charge in [0.1, 0.15) is 7.05 Å². The fourth-order valence-corrected chi connectivity index (χ4v) is 2.24. The van der Waals surface area contributed by atoms with Crippen molar-refractivity contribution >= 4 is 22.6 Å². The number of carbonyl (C=O) groups is 1. The number of hydrogen-bond donors (Lipinski definition) is 0. The molecule has 2 heteroatoms. The number of benzene rings is 2. The molecule has 0 saturated heterocycles. The number of aryl methyl sites for hydroxylation is 1. The molecule has 0 fully saturated rings. The van der Waals surface area contributed by atoms with Crippen LogP contribution in [0.15, 0.2) is 73.1 Å². The van der Waals surface area contributed by atoms with Crippen LogP contribution < -0.4 is 4.57 Å². The van der Waals surface area contributed by atoms with E-state index in [1.807, 2.05) is 60.4 Å². The Morgan fingerprint density at radius 1 is 0.952 bits per heavy atom. The van der Waals surface area contributed by atoms with E-state index >= 15 is 0 Å². The number of fused-ring (bicyclic) bond motifs is 1. The molecule has 0 atom stereocenters. The number of hydrogen-bond acceptors (Lipinski definition) is 1. The lowest BCUT2D eigenvalue weighted by atomic mass is 10.1. The molecule has 21 heavy (non-hydrogen) atoms. The van der Waals surface area contributed by atoms with Crippen LogP contribution in [0.25, 0.3) is 16.8 Å². The summed E-state index contributed by atoms with van der Waals surface area (Å²) in [5.41, 5.74) is 1.73. The molecule has 0 aliphatic carbocycles. The lowest BCUT2D eigenvalue weighted by Crippen LogP contribution is -2.26. The van der Waals surface area contributed by atoms with Crippen molar-refractivity contribution in [3.05, 3.63) is 84.2 Å². The van der Waals surface area contributed by atoms with Crippen LogP contribution in [0.5, 0.6) is 0 Å². The van der Waals surface area contributed by atoms with E-state index in [2.05, 4.69) is 24.3 Å².